The Morgan fingerprint density at radius 3 is 2.74 bits per heavy atom. The Morgan fingerprint density at radius 2 is 2.11 bits per heavy atom. The Hall–Kier alpha value is -1.43. The highest BCUT2D eigenvalue weighted by molar-refractivity contribution is 9.10. The van der Waals surface area contributed by atoms with E-state index >= 15 is 0 Å². The Bertz CT molecular complexity index is 503. The second-order valence-corrected chi connectivity index (χ2v) is 5.33. The number of amides is 2. The second-order valence-electron chi connectivity index (χ2n) is 4.47. The van der Waals surface area contributed by atoms with E-state index in [9.17, 15) is 14.0 Å². The van der Waals surface area contributed by atoms with Crippen molar-refractivity contribution in [3.63, 3.8) is 0 Å². The lowest BCUT2D eigenvalue weighted by atomic mass is 10.2. The van der Waals surface area contributed by atoms with Crippen LogP contribution in [0.4, 0.5) is 4.39 Å². The zero-order valence-corrected chi connectivity index (χ0v) is 11.8. The third-order valence-electron chi connectivity index (χ3n) is 2.76. The van der Waals surface area contributed by atoms with E-state index in [2.05, 4.69) is 26.6 Å². The van der Waals surface area contributed by atoms with Gasteiger partial charge in [0.15, 0.2) is 0 Å². The van der Waals surface area contributed by atoms with Crippen LogP contribution in [0.1, 0.15) is 29.6 Å². The van der Waals surface area contributed by atoms with E-state index in [4.69, 9.17) is 0 Å². The fraction of sp³-hybridized carbons (Fsp3) is 0.385. The van der Waals surface area contributed by atoms with Gasteiger partial charge in [-0.1, -0.05) is 0 Å². The molecule has 4 nitrogen and oxygen atoms in total. The molecule has 0 bridgehead atoms. The molecule has 0 atom stereocenters. The summed E-state index contributed by atoms with van der Waals surface area (Å²) in [5.41, 5.74) is 0.351. The smallest absolute Gasteiger partial charge is 0.252 e. The molecule has 1 aliphatic rings. The van der Waals surface area contributed by atoms with Crippen molar-refractivity contribution < 1.29 is 14.0 Å². The molecule has 19 heavy (non-hydrogen) atoms. The molecule has 1 fully saturated rings. The molecule has 0 aliphatic heterocycles. The van der Waals surface area contributed by atoms with Crippen molar-refractivity contribution in [3.05, 3.63) is 34.1 Å². The summed E-state index contributed by atoms with van der Waals surface area (Å²) in [6.45, 7) is 0.265. The number of benzene rings is 1. The first-order chi connectivity index (χ1) is 9.06. The van der Waals surface area contributed by atoms with E-state index in [1.54, 1.807) is 0 Å². The van der Waals surface area contributed by atoms with Crippen molar-refractivity contribution in [1.82, 2.24) is 10.6 Å². The van der Waals surface area contributed by atoms with Gasteiger partial charge >= 0.3 is 0 Å². The molecule has 1 aliphatic carbocycles. The number of rotatable bonds is 5. The highest BCUT2D eigenvalue weighted by Crippen LogP contribution is 2.19. The molecule has 0 unspecified atom stereocenters. The third kappa shape index (κ3) is 4.31. The van der Waals surface area contributed by atoms with Crippen LogP contribution in [0.25, 0.3) is 0 Å². The summed E-state index contributed by atoms with van der Waals surface area (Å²) >= 11 is 3.13. The van der Waals surface area contributed by atoms with Crippen LogP contribution < -0.4 is 10.6 Å². The fourth-order valence-corrected chi connectivity index (χ4v) is 2.12. The minimum Gasteiger partial charge on any atom is -0.353 e. The van der Waals surface area contributed by atoms with Crippen LogP contribution in [0.5, 0.6) is 0 Å². The standard InChI is InChI=1S/C13H14BrFN2O2/c14-11-7-8(15)1-4-10(11)13(19)16-6-5-12(18)17-9-2-3-9/h1,4,7,9H,2-3,5-6H2,(H,16,19)(H,17,18). The first kappa shape index (κ1) is 14.0. The van der Waals surface area contributed by atoms with E-state index in [0.29, 0.717) is 16.1 Å². The van der Waals surface area contributed by atoms with Crippen molar-refractivity contribution in [1.29, 1.82) is 0 Å². The molecule has 0 aromatic heterocycles. The summed E-state index contributed by atoms with van der Waals surface area (Å²) in [7, 11) is 0. The number of hydrogen-bond donors (Lipinski definition) is 2. The minimum absolute atomic E-state index is 0.0547. The van der Waals surface area contributed by atoms with Gasteiger partial charge in [-0.15, -0.1) is 0 Å². The molecular formula is C13H14BrFN2O2. The average Bonchev–Trinajstić information content (AvgIpc) is 3.12. The molecule has 0 spiro atoms. The lowest BCUT2D eigenvalue weighted by Gasteiger charge is -2.07. The summed E-state index contributed by atoms with van der Waals surface area (Å²) in [6.07, 6.45) is 2.34. The molecule has 1 aromatic carbocycles. The van der Waals surface area contributed by atoms with Gasteiger partial charge in [-0.05, 0) is 47.0 Å². The molecule has 2 N–H and O–H groups in total. The van der Waals surface area contributed by atoms with Crippen molar-refractivity contribution in [2.75, 3.05) is 6.54 Å². The van der Waals surface area contributed by atoms with Crippen molar-refractivity contribution in [2.24, 2.45) is 0 Å². The van der Waals surface area contributed by atoms with Crippen LogP contribution >= 0.6 is 15.9 Å². The summed E-state index contributed by atoms with van der Waals surface area (Å²) < 4.78 is 13.3. The zero-order chi connectivity index (χ0) is 13.8. The number of hydrogen-bond acceptors (Lipinski definition) is 2. The Kier molecular flexibility index (Phi) is 4.52. The van der Waals surface area contributed by atoms with E-state index in [1.165, 1.54) is 18.2 Å². The quantitative estimate of drug-likeness (QED) is 0.868. The number of carbonyl (C=O) groups is 2. The van der Waals surface area contributed by atoms with Gasteiger partial charge in [-0.2, -0.15) is 0 Å². The summed E-state index contributed by atoms with van der Waals surface area (Å²) in [4.78, 5) is 23.2. The van der Waals surface area contributed by atoms with E-state index < -0.39 is 5.82 Å². The summed E-state index contributed by atoms with van der Waals surface area (Å²) in [5.74, 6) is -0.792. The van der Waals surface area contributed by atoms with E-state index in [1.807, 2.05) is 0 Å². The Morgan fingerprint density at radius 1 is 1.37 bits per heavy atom. The van der Waals surface area contributed by atoms with Gasteiger partial charge in [-0.3, -0.25) is 9.59 Å². The maximum Gasteiger partial charge on any atom is 0.252 e. The van der Waals surface area contributed by atoms with Gasteiger partial charge < -0.3 is 10.6 Å². The van der Waals surface area contributed by atoms with E-state index in [-0.39, 0.29) is 24.8 Å². The van der Waals surface area contributed by atoms with Crippen LogP contribution in [0.2, 0.25) is 0 Å². The highest BCUT2D eigenvalue weighted by Gasteiger charge is 2.22. The molecule has 0 saturated heterocycles. The van der Waals surface area contributed by atoms with Gasteiger partial charge in [0, 0.05) is 23.5 Å². The van der Waals surface area contributed by atoms with Crippen molar-refractivity contribution in [3.8, 4) is 0 Å². The van der Waals surface area contributed by atoms with Crippen molar-refractivity contribution >= 4 is 27.7 Å². The maximum absolute atomic E-state index is 12.9. The number of carbonyl (C=O) groups excluding carboxylic acids is 2. The van der Waals surface area contributed by atoms with Crippen LogP contribution in [-0.2, 0) is 4.79 Å². The molecule has 2 rings (SSSR count). The largest absolute Gasteiger partial charge is 0.353 e. The van der Waals surface area contributed by atoms with Gasteiger partial charge in [0.05, 0.1) is 5.56 Å². The van der Waals surface area contributed by atoms with Gasteiger partial charge in [0.25, 0.3) is 5.91 Å². The van der Waals surface area contributed by atoms with Gasteiger partial charge in [-0.25, -0.2) is 4.39 Å². The first-order valence-corrected chi connectivity index (χ1v) is 6.88. The number of nitrogens with one attached hydrogen (secondary N) is 2. The molecular weight excluding hydrogens is 315 g/mol. The lowest BCUT2D eigenvalue weighted by Crippen LogP contribution is -2.31. The molecule has 1 aromatic rings. The molecule has 0 heterocycles. The SMILES string of the molecule is O=C(CCNC(=O)c1ccc(F)cc1Br)NC1CC1. The number of halogens is 2. The summed E-state index contributed by atoms with van der Waals surface area (Å²) in [6, 6.07) is 4.18. The fourth-order valence-electron chi connectivity index (χ4n) is 1.59. The van der Waals surface area contributed by atoms with Crippen LogP contribution in [0.3, 0.4) is 0 Å². The predicted molar refractivity (Wildman–Crippen MR) is 72.2 cm³/mol. The van der Waals surface area contributed by atoms with Crippen LogP contribution in [0.15, 0.2) is 22.7 Å². The monoisotopic (exact) mass is 328 g/mol. The van der Waals surface area contributed by atoms with Crippen molar-refractivity contribution in [2.45, 2.75) is 25.3 Å². The Labute approximate surface area is 118 Å². The third-order valence-corrected chi connectivity index (χ3v) is 3.41. The first-order valence-electron chi connectivity index (χ1n) is 6.09. The summed E-state index contributed by atoms with van der Waals surface area (Å²) in [5, 5.41) is 5.47. The maximum atomic E-state index is 12.9. The second kappa shape index (κ2) is 6.14. The van der Waals surface area contributed by atoms with E-state index in [0.717, 1.165) is 12.8 Å². The van der Waals surface area contributed by atoms with Crippen LogP contribution in [0, 0.1) is 5.82 Å². The molecule has 1 saturated carbocycles. The lowest BCUT2D eigenvalue weighted by molar-refractivity contribution is -0.121. The Balaban J connectivity index is 1.78. The molecule has 102 valence electrons. The predicted octanol–water partition coefficient (Wildman–Crippen LogP) is 1.99. The molecule has 6 heteroatoms. The molecule has 0 radical (unpaired) electrons. The normalized spacial score (nSPS) is 14.0. The average molecular weight is 329 g/mol. The van der Waals surface area contributed by atoms with Gasteiger partial charge in [0.2, 0.25) is 5.91 Å². The minimum atomic E-state index is -0.410. The highest BCUT2D eigenvalue weighted by atomic mass is 79.9. The zero-order valence-electron chi connectivity index (χ0n) is 10.2. The van der Waals surface area contributed by atoms with Gasteiger partial charge in [0.1, 0.15) is 5.82 Å². The topological polar surface area (TPSA) is 58.2 Å². The molecule has 2 amide bonds. The van der Waals surface area contributed by atoms with Crippen LogP contribution in [-0.4, -0.2) is 24.4 Å².